The van der Waals surface area contributed by atoms with Gasteiger partial charge in [0, 0.05) is 25.2 Å². The predicted octanol–water partition coefficient (Wildman–Crippen LogP) is 2.38. The molecule has 26 heavy (non-hydrogen) atoms. The van der Waals surface area contributed by atoms with Gasteiger partial charge < -0.3 is 20.3 Å². The molecule has 1 aliphatic heterocycles. The van der Waals surface area contributed by atoms with Crippen LogP contribution >= 0.6 is 0 Å². The first-order valence-electron chi connectivity index (χ1n) is 8.73. The van der Waals surface area contributed by atoms with E-state index in [-0.39, 0.29) is 11.8 Å². The van der Waals surface area contributed by atoms with E-state index in [1.54, 1.807) is 43.5 Å². The molecule has 0 spiro atoms. The average Bonchev–Trinajstić information content (AvgIpc) is 2.97. The van der Waals surface area contributed by atoms with Crippen molar-refractivity contribution in [3.63, 3.8) is 0 Å². The first-order chi connectivity index (χ1) is 12.7. The van der Waals surface area contributed by atoms with E-state index in [4.69, 9.17) is 4.74 Å². The van der Waals surface area contributed by atoms with Gasteiger partial charge in [0.1, 0.15) is 5.75 Å². The summed E-state index contributed by atoms with van der Waals surface area (Å²) in [6.07, 6.45) is 0.923. The topological polar surface area (TPSA) is 70.7 Å². The minimum Gasteiger partial charge on any atom is -0.497 e. The summed E-state index contributed by atoms with van der Waals surface area (Å²) in [5.41, 5.74) is 1.54. The second-order valence-electron chi connectivity index (χ2n) is 6.12. The number of anilines is 1. The van der Waals surface area contributed by atoms with Crippen LogP contribution in [-0.2, 0) is 0 Å². The number of nitrogens with one attached hydrogen (secondary N) is 2. The number of benzene rings is 2. The third-order valence-corrected chi connectivity index (χ3v) is 4.39. The lowest BCUT2D eigenvalue weighted by Crippen LogP contribution is -2.34. The zero-order chi connectivity index (χ0) is 18.4. The second-order valence-corrected chi connectivity index (χ2v) is 6.12. The molecule has 1 heterocycles. The summed E-state index contributed by atoms with van der Waals surface area (Å²) in [5, 5.41) is 6.14. The average molecular weight is 353 g/mol. The number of hydrogen-bond donors (Lipinski definition) is 2. The zero-order valence-corrected chi connectivity index (χ0v) is 14.8. The molecule has 0 aliphatic carbocycles. The highest BCUT2D eigenvalue weighted by molar-refractivity contribution is 6.09. The SMILES string of the molecule is COc1ccc(C(=O)Nc2ccccc2C(=O)N2CCCNCC2)cc1. The Morgan fingerprint density at radius 2 is 1.81 bits per heavy atom. The molecule has 6 heteroatoms. The predicted molar refractivity (Wildman–Crippen MR) is 101 cm³/mol. The summed E-state index contributed by atoms with van der Waals surface area (Å²) in [6, 6.07) is 14.0. The monoisotopic (exact) mass is 353 g/mol. The number of carbonyl (C=O) groups is 2. The van der Waals surface area contributed by atoms with Crippen LogP contribution in [-0.4, -0.2) is 50.0 Å². The lowest BCUT2D eigenvalue weighted by atomic mass is 10.1. The van der Waals surface area contributed by atoms with E-state index in [0.29, 0.717) is 35.7 Å². The van der Waals surface area contributed by atoms with Crippen molar-refractivity contribution in [2.24, 2.45) is 0 Å². The Labute approximate surface area is 153 Å². The van der Waals surface area contributed by atoms with Crippen LogP contribution in [0.2, 0.25) is 0 Å². The van der Waals surface area contributed by atoms with Gasteiger partial charge in [-0.2, -0.15) is 0 Å². The molecule has 0 saturated carbocycles. The van der Waals surface area contributed by atoms with Crippen LogP contribution in [0.3, 0.4) is 0 Å². The molecule has 2 amide bonds. The van der Waals surface area contributed by atoms with Crippen LogP contribution in [0.1, 0.15) is 27.1 Å². The Morgan fingerprint density at radius 3 is 2.58 bits per heavy atom. The number of ether oxygens (including phenoxy) is 1. The molecule has 0 aromatic heterocycles. The van der Waals surface area contributed by atoms with E-state index in [2.05, 4.69) is 10.6 Å². The first kappa shape index (κ1) is 17.9. The zero-order valence-electron chi connectivity index (χ0n) is 14.8. The lowest BCUT2D eigenvalue weighted by Gasteiger charge is -2.21. The van der Waals surface area contributed by atoms with Crippen LogP contribution in [0.15, 0.2) is 48.5 Å². The number of rotatable bonds is 4. The van der Waals surface area contributed by atoms with E-state index >= 15 is 0 Å². The molecular formula is C20H23N3O3. The van der Waals surface area contributed by atoms with Crippen molar-refractivity contribution >= 4 is 17.5 Å². The van der Waals surface area contributed by atoms with Crippen molar-refractivity contribution in [1.29, 1.82) is 0 Å². The Morgan fingerprint density at radius 1 is 1.04 bits per heavy atom. The van der Waals surface area contributed by atoms with E-state index in [9.17, 15) is 9.59 Å². The summed E-state index contributed by atoms with van der Waals surface area (Å²) in [4.78, 5) is 27.3. The van der Waals surface area contributed by atoms with Gasteiger partial charge in [-0.1, -0.05) is 12.1 Å². The largest absolute Gasteiger partial charge is 0.497 e. The molecule has 2 aromatic carbocycles. The fourth-order valence-corrected chi connectivity index (χ4v) is 2.93. The maximum Gasteiger partial charge on any atom is 0.256 e. The lowest BCUT2D eigenvalue weighted by molar-refractivity contribution is 0.0767. The van der Waals surface area contributed by atoms with Crippen molar-refractivity contribution in [2.75, 3.05) is 38.6 Å². The molecule has 1 saturated heterocycles. The van der Waals surface area contributed by atoms with Crippen molar-refractivity contribution in [3.8, 4) is 5.75 Å². The fourth-order valence-electron chi connectivity index (χ4n) is 2.93. The number of carbonyl (C=O) groups excluding carboxylic acids is 2. The first-order valence-corrected chi connectivity index (χ1v) is 8.73. The van der Waals surface area contributed by atoms with Crippen LogP contribution in [0.5, 0.6) is 5.75 Å². The van der Waals surface area contributed by atoms with Gasteiger partial charge in [0.15, 0.2) is 0 Å². The van der Waals surface area contributed by atoms with Crippen LogP contribution in [0.25, 0.3) is 0 Å². The van der Waals surface area contributed by atoms with Crippen LogP contribution in [0, 0.1) is 0 Å². The molecule has 3 rings (SSSR count). The van der Waals surface area contributed by atoms with Gasteiger partial charge in [-0.3, -0.25) is 9.59 Å². The molecular weight excluding hydrogens is 330 g/mol. The molecule has 136 valence electrons. The van der Waals surface area contributed by atoms with Crippen molar-refractivity contribution in [2.45, 2.75) is 6.42 Å². The van der Waals surface area contributed by atoms with E-state index in [1.807, 2.05) is 17.0 Å². The van der Waals surface area contributed by atoms with E-state index in [0.717, 1.165) is 19.5 Å². The molecule has 1 aliphatic rings. The number of hydrogen-bond acceptors (Lipinski definition) is 4. The summed E-state index contributed by atoms with van der Waals surface area (Å²) in [7, 11) is 1.58. The maximum absolute atomic E-state index is 12.9. The highest BCUT2D eigenvalue weighted by atomic mass is 16.5. The molecule has 1 fully saturated rings. The van der Waals surface area contributed by atoms with Crippen LogP contribution < -0.4 is 15.4 Å². The Bertz CT molecular complexity index is 766. The summed E-state index contributed by atoms with van der Waals surface area (Å²) in [5.74, 6) is 0.372. The molecule has 0 atom stereocenters. The maximum atomic E-state index is 12.9. The molecule has 6 nitrogen and oxygen atoms in total. The third-order valence-electron chi connectivity index (χ3n) is 4.39. The van der Waals surface area contributed by atoms with E-state index < -0.39 is 0 Å². The second kappa shape index (κ2) is 8.49. The number of amides is 2. The van der Waals surface area contributed by atoms with Crippen molar-refractivity contribution in [3.05, 3.63) is 59.7 Å². The van der Waals surface area contributed by atoms with Gasteiger partial charge in [0.25, 0.3) is 11.8 Å². The Hall–Kier alpha value is -2.86. The molecule has 0 bridgehead atoms. The fraction of sp³-hybridized carbons (Fsp3) is 0.300. The quantitative estimate of drug-likeness (QED) is 0.885. The number of methoxy groups -OCH3 is 1. The van der Waals surface area contributed by atoms with Gasteiger partial charge in [-0.25, -0.2) is 0 Å². The molecule has 0 unspecified atom stereocenters. The molecule has 0 radical (unpaired) electrons. The van der Waals surface area contributed by atoms with Crippen LogP contribution in [0.4, 0.5) is 5.69 Å². The van der Waals surface area contributed by atoms with Gasteiger partial charge in [0.2, 0.25) is 0 Å². The van der Waals surface area contributed by atoms with Gasteiger partial charge in [-0.15, -0.1) is 0 Å². The Kier molecular flexibility index (Phi) is 5.86. The van der Waals surface area contributed by atoms with Crippen molar-refractivity contribution in [1.82, 2.24) is 10.2 Å². The molecule has 2 aromatic rings. The summed E-state index contributed by atoms with van der Waals surface area (Å²) in [6.45, 7) is 3.08. The van der Waals surface area contributed by atoms with Gasteiger partial charge in [0.05, 0.1) is 18.4 Å². The molecule has 2 N–H and O–H groups in total. The third kappa shape index (κ3) is 4.21. The number of para-hydroxylation sites is 1. The van der Waals surface area contributed by atoms with Crippen molar-refractivity contribution < 1.29 is 14.3 Å². The number of nitrogens with zero attached hydrogens (tertiary/aromatic N) is 1. The standard InChI is InChI=1S/C20H23N3O3/c1-26-16-9-7-15(8-10-16)19(24)22-18-6-3-2-5-17(18)20(25)23-13-4-11-21-12-14-23/h2-3,5-10,21H,4,11-14H2,1H3,(H,22,24). The minimum atomic E-state index is -0.259. The smallest absolute Gasteiger partial charge is 0.256 e. The van der Waals surface area contributed by atoms with Gasteiger partial charge in [-0.05, 0) is 49.4 Å². The minimum absolute atomic E-state index is 0.0562. The summed E-state index contributed by atoms with van der Waals surface area (Å²) >= 11 is 0. The normalized spacial score (nSPS) is 14.4. The highest BCUT2D eigenvalue weighted by Crippen LogP contribution is 2.20. The van der Waals surface area contributed by atoms with E-state index in [1.165, 1.54) is 0 Å². The van der Waals surface area contributed by atoms with Gasteiger partial charge >= 0.3 is 0 Å². The highest BCUT2D eigenvalue weighted by Gasteiger charge is 2.20. The Balaban J connectivity index is 1.77. The summed E-state index contributed by atoms with van der Waals surface area (Å²) < 4.78 is 5.11.